The van der Waals surface area contributed by atoms with Crippen LogP contribution in [-0.2, 0) is 9.63 Å². The molecule has 4 nitrogen and oxygen atoms in total. The van der Waals surface area contributed by atoms with Crippen LogP contribution in [0.2, 0.25) is 0 Å². The van der Waals surface area contributed by atoms with Gasteiger partial charge in [0, 0.05) is 13.0 Å². The van der Waals surface area contributed by atoms with Crippen LogP contribution in [0.15, 0.2) is 0 Å². The molecule has 0 aliphatic heterocycles. The van der Waals surface area contributed by atoms with Gasteiger partial charge >= 0.3 is 0 Å². The summed E-state index contributed by atoms with van der Waals surface area (Å²) >= 11 is 0. The monoisotopic (exact) mass is 132 g/mol. The van der Waals surface area contributed by atoms with Crippen LogP contribution in [0.5, 0.6) is 0 Å². The highest BCUT2D eigenvalue weighted by molar-refractivity contribution is 5.74. The molecule has 9 heavy (non-hydrogen) atoms. The Bertz CT molecular complexity index is 85.0. The van der Waals surface area contributed by atoms with Crippen molar-refractivity contribution in [1.29, 1.82) is 0 Å². The molecule has 0 radical (unpaired) electrons. The molecular formula is C5H12N2O2. The lowest BCUT2D eigenvalue weighted by atomic mass is 10.5. The average Bonchev–Trinajstić information content (AvgIpc) is 1.89. The molecule has 0 aliphatic carbocycles. The number of hydroxylamine groups is 1. The van der Waals surface area contributed by atoms with E-state index >= 15 is 0 Å². The Morgan fingerprint density at radius 2 is 2.44 bits per heavy atom. The standard InChI is InChI=1S/C5H12N2O2/c1-2-5(8)7-9-4-3-6/h2-4,6H2,1H3,(H,7,8). The summed E-state index contributed by atoms with van der Waals surface area (Å²) in [6.45, 7) is 2.54. The van der Waals surface area contributed by atoms with Gasteiger partial charge in [0.1, 0.15) is 0 Å². The van der Waals surface area contributed by atoms with E-state index in [-0.39, 0.29) is 5.91 Å². The summed E-state index contributed by atoms with van der Waals surface area (Å²) in [7, 11) is 0. The van der Waals surface area contributed by atoms with Gasteiger partial charge in [0.2, 0.25) is 5.91 Å². The summed E-state index contributed by atoms with van der Waals surface area (Å²) in [5, 5.41) is 0. The van der Waals surface area contributed by atoms with Crippen molar-refractivity contribution in [3.8, 4) is 0 Å². The number of carbonyl (C=O) groups excluding carboxylic acids is 1. The third kappa shape index (κ3) is 5.26. The zero-order chi connectivity index (χ0) is 7.11. The molecule has 0 aliphatic rings. The molecule has 0 aromatic carbocycles. The minimum atomic E-state index is -0.122. The van der Waals surface area contributed by atoms with Crippen LogP contribution in [-0.4, -0.2) is 19.1 Å². The molecule has 0 atom stereocenters. The van der Waals surface area contributed by atoms with Crippen LogP contribution in [0.3, 0.4) is 0 Å². The molecule has 0 unspecified atom stereocenters. The van der Waals surface area contributed by atoms with E-state index in [2.05, 4.69) is 10.3 Å². The normalized spacial score (nSPS) is 9.11. The SMILES string of the molecule is CCC(=O)NOCCN. The first kappa shape index (κ1) is 8.39. The van der Waals surface area contributed by atoms with Gasteiger partial charge in [-0.25, -0.2) is 5.48 Å². The highest BCUT2D eigenvalue weighted by Gasteiger charge is 1.92. The molecule has 0 saturated carbocycles. The second-order valence-electron chi connectivity index (χ2n) is 1.52. The van der Waals surface area contributed by atoms with E-state index in [1.165, 1.54) is 0 Å². The Balaban J connectivity index is 2.97. The van der Waals surface area contributed by atoms with Crippen LogP contribution >= 0.6 is 0 Å². The third-order valence-electron chi connectivity index (χ3n) is 0.727. The predicted molar refractivity (Wildman–Crippen MR) is 33.4 cm³/mol. The van der Waals surface area contributed by atoms with E-state index in [1.807, 2.05) is 0 Å². The number of hydrogen-bond acceptors (Lipinski definition) is 3. The van der Waals surface area contributed by atoms with Crippen molar-refractivity contribution in [3.63, 3.8) is 0 Å². The summed E-state index contributed by atoms with van der Waals surface area (Å²) in [5.74, 6) is -0.122. The first-order valence-electron chi connectivity index (χ1n) is 2.92. The fourth-order valence-electron chi connectivity index (χ4n) is 0.263. The topological polar surface area (TPSA) is 64.3 Å². The lowest BCUT2D eigenvalue weighted by Gasteiger charge is -2.00. The molecular weight excluding hydrogens is 120 g/mol. The Labute approximate surface area is 54.3 Å². The van der Waals surface area contributed by atoms with Crippen molar-refractivity contribution in [2.24, 2.45) is 5.73 Å². The van der Waals surface area contributed by atoms with Gasteiger partial charge in [0.15, 0.2) is 0 Å². The molecule has 0 heterocycles. The van der Waals surface area contributed by atoms with Gasteiger partial charge in [-0.2, -0.15) is 0 Å². The fraction of sp³-hybridized carbons (Fsp3) is 0.800. The maximum absolute atomic E-state index is 10.4. The number of amides is 1. The minimum Gasteiger partial charge on any atom is -0.328 e. The van der Waals surface area contributed by atoms with Crippen LogP contribution in [0.4, 0.5) is 0 Å². The lowest BCUT2D eigenvalue weighted by molar-refractivity contribution is -0.132. The van der Waals surface area contributed by atoms with Crippen molar-refractivity contribution in [2.45, 2.75) is 13.3 Å². The quantitative estimate of drug-likeness (QED) is 0.396. The van der Waals surface area contributed by atoms with Gasteiger partial charge in [-0.1, -0.05) is 6.92 Å². The zero-order valence-electron chi connectivity index (χ0n) is 5.52. The van der Waals surface area contributed by atoms with Crippen LogP contribution in [0.1, 0.15) is 13.3 Å². The Morgan fingerprint density at radius 1 is 1.78 bits per heavy atom. The molecule has 0 rings (SSSR count). The van der Waals surface area contributed by atoms with Crippen molar-refractivity contribution in [1.82, 2.24) is 5.48 Å². The van der Waals surface area contributed by atoms with Crippen LogP contribution < -0.4 is 11.2 Å². The van der Waals surface area contributed by atoms with E-state index in [1.54, 1.807) is 6.92 Å². The summed E-state index contributed by atoms with van der Waals surface area (Å²) in [6.07, 6.45) is 0.435. The molecule has 0 bridgehead atoms. The molecule has 0 aromatic rings. The summed E-state index contributed by atoms with van der Waals surface area (Å²) < 4.78 is 0. The first-order valence-corrected chi connectivity index (χ1v) is 2.92. The predicted octanol–water partition coefficient (Wildman–Crippen LogP) is -0.597. The van der Waals surface area contributed by atoms with Gasteiger partial charge in [-0.15, -0.1) is 0 Å². The number of nitrogens with one attached hydrogen (secondary N) is 1. The van der Waals surface area contributed by atoms with E-state index < -0.39 is 0 Å². The summed E-state index contributed by atoms with van der Waals surface area (Å²) in [4.78, 5) is 15.0. The molecule has 0 fully saturated rings. The maximum Gasteiger partial charge on any atom is 0.243 e. The fourth-order valence-corrected chi connectivity index (χ4v) is 0.263. The van der Waals surface area contributed by atoms with Crippen LogP contribution in [0, 0.1) is 0 Å². The molecule has 3 N–H and O–H groups in total. The van der Waals surface area contributed by atoms with Gasteiger partial charge in [0.25, 0.3) is 0 Å². The largest absolute Gasteiger partial charge is 0.328 e. The number of carbonyl (C=O) groups is 1. The van der Waals surface area contributed by atoms with E-state index in [4.69, 9.17) is 5.73 Å². The number of rotatable bonds is 4. The zero-order valence-corrected chi connectivity index (χ0v) is 5.52. The summed E-state index contributed by atoms with van der Waals surface area (Å²) in [5.41, 5.74) is 7.29. The van der Waals surface area contributed by atoms with E-state index in [9.17, 15) is 4.79 Å². The average molecular weight is 132 g/mol. The van der Waals surface area contributed by atoms with Crippen LogP contribution in [0.25, 0.3) is 0 Å². The lowest BCUT2D eigenvalue weighted by Crippen LogP contribution is -2.25. The van der Waals surface area contributed by atoms with E-state index in [0.29, 0.717) is 19.6 Å². The maximum atomic E-state index is 10.4. The highest BCUT2D eigenvalue weighted by atomic mass is 16.6. The second kappa shape index (κ2) is 5.53. The molecule has 0 spiro atoms. The smallest absolute Gasteiger partial charge is 0.243 e. The molecule has 4 heteroatoms. The second-order valence-corrected chi connectivity index (χ2v) is 1.52. The van der Waals surface area contributed by atoms with Gasteiger partial charge < -0.3 is 5.73 Å². The van der Waals surface area contributed by atoms with Gasteiger partial charge in [-0.3, -0.25) is 9.63 Å². The van der Waals surface area contributed by atoms with Crippen molar-refractivity contribution < 1.29 is 9.63 Å². The highest BCUT2D eigenvalue weighted by Crippen LogP contribution is 1.73. The Morgan fingerprint density at radius 3 is 2.89 bits per heavy atom. The Hall–Kier alpha value is -0.610. The van der Waals surface area contributed by atoms with Crippen molar-refractivity contribution in [3.05, 3.63) is 0 Å². The van der Waals surface area contributed by atoms with Gasteiger partial charge in [-0.05, 0) is 0 Å². The molecule has 0 saturated heterocycles. The summed E-state index contributed by atoms with van der Waals surface area (Å²) in [6, 6.07) is 0. The number of nitrogens with two attached hydrogens (primary N) is 1. The van der Waals surface area contributed by atoms with Crippen molar-refractivity contribution in [2.75, 3.05) is 13.2 Å². The number of hydrogen-bond donors (Lipinski definition) is 2. The Kier molecular flexibility index (Phi) is 5.15. The van der Waals surface area contributed by atoms with Gasteiger partial charge in [0.05, 0.1) is 6.61 Å². The minimum absolute atomic E-state index is 0.122. The first-order chi connectivity index (χ1) is 4.31. The third-order valence-corrected chi connectivity index (χ3v) is 0.727. The molecule has 54 valence electrons. The molecule has 0 aromatic heterocycles. The van der Waals surface area contributed by atoms with E-state index in [0.717, 1.165) is 0 Å². The molecule has 1 amide bonds. The van der Waals surface area contributed by atoms with Crippen molar-refractivity contribution >= 4 is 5.91 Å².